The first-order valence-electron chi connectivity index (χ1n) is 6.24. The number of hydrogen-bond acceptors (Lipinski definition) is 3. The number of nitrogens with zero attached hydrogens (tertiary/aromatic N) is 3. The second-order valence-electron chi connectivity index (χ2n) is 5.99. The van der Waals surface area contributed by atoms with E-state index in [0.717, 1.165) is 17.7 Å². The van der Waals surface area contributed by atoms with Crippen molar-refractivity contribution in [1.82, 2.24) is 14.8 Å². The van der Waals surface area contributed by atoms with Crippen LogP contribution in [0.25, 0.3) is 5.82 Å². The molecule has 0 bridgehead atoms. The summed E-state index contributed by atoms with van der Waals surface area (Å²) >= 11 is 6.27. The molecule has 19 heavy (non-hydrogen) atoms. The Kier molecular flexibility index (Phi) is 3.54. The lowest BCUT2D eigenvalue weighted by Gasteiger charge is -2.16. The van der Waals surface area contributed by atoms with E-state index in [1.165, 1.54) is 0 Å². The summed E-state index contributed by atoms with van der Waals surface area (Å²) in [5.41, 5.74) is 8.06. The molecule has 0 radical (unpaired) electrons. The fourth-order valence-electron chi connectivity index (χ4n) is 1.89. The summed E-state index contributed by atoms with van der Waals surface area (Å²) < 4.78 is 1.61. The number of nitrogens with two attached hydrogens (primary N) is 1. The SMILES string of the molecule is Cc1ccnc(-n2nc(CC(C)(C)C)c(Cl)c2N)c1. The molecule has 0 unspecified atom stereocenters. The quantitative estimate of drug-likeness (QED) is 0.916. The van der Waals surface area contributed by atoms with Crippen molar-refractivity contribution in [1.29, 1.82) is 0 Å². The predicted molar refractivity (Wildman–Crippen MR) is 78.7 cm³/mol. The molecule has 0 atom stereocenters. The second-order valence-corrected chi connectivity index (χ2v) is 6.36. The maximum Gasteiger partial charge on any atom is 0.155 e. The standard InChI is InChI=1S/C14H19ClN4/c1-9-5-6-17-11(7-9)19-13(16)12(15)10(18-19)8-14(2,3)4/h5-7H,8,16H2,1-4H3. The van der Waals surface area contributed by atoms with E-state index in [-0.39, 0.29) is 5.41 Å². The van der Waals surface area contributed by atoms with Crippen LogP contribution in [0.15, 0.2) is 18.3 Å². The van der Waals surface area contributed by atoms with E-state index in [2.05, 4.69) is 30.9 Å². The third-order valence-electron chi connectivity index (χ3n) is 2.74. The lowest BCUT2D eigenvalue weighted by atomic mass is 9.91. The normalized spacial score (nSPS) is 11.8. The number of aryl methyl sites for hydroxylation is 1. The highest BCUT2D eigenvalue weighted by Gasteiger charge is 2.20. The molecule has 2 aromatic rings. The minimum absolute atomic E-state index is 0.106. The Bertz CT molecular complexity index is 596. The van der Waals surface area contributed by atoms with Crippen LogP contribution in [0.5, 0.6) is 0 Å². The van der Waals surface area contributed by atoms with Gasteiger partial charge in [0.1, 0.15) is 10.8 Å². The molecule has 0 amide bonds. The lowest BCUT2D eigenvalue weighted by molar-refractivity contribution is 0.405. The van der Waals surface area contributed by atoms with Gasteiger partial charge in [0, 0.05) is 6.20 Å². The zero-order chi connectivity index (χ0) is 14.2. The summed E-state index contributed by atoms with van der Waals surface area (Å²) in [6.45, 7) is 8.43. The van der Waals surface area contributed by atoms with Gasteiger partial charge in [0.25, 0.3) is 0 Å². The first-order valence-corrected chi connectivity index (χ1v) is 6.61. The van der Waals surface area contributed by atoms with Crippen molar-refractivity contribution < 1.29 is 0 Å². The average Bonchev–Trinajstić information content (AvgIpc) is 2.55. The van der Waals surface area contributed by atoms with Gasteiger partial charge in [-0.3, -0.25) is 0 Å². The van der Waals surface area contributed by atoms with Crippen LogP contribution in [0.3, 0.4) is 0 Å². The minimum Gasteiger partial charge on any atom is -0.382 e. The summed E-state index contributed by atoms with van der Waals surface area (Å²) in [4.78, 5) is 4.28. The maximum atomic E-state index is 6.27. The molecule has 0 saturated heterocycles. The highest BCUT2D eigenvalue weighted by molar-refractivity contribution is 6.33. The molecule has 0 saturated carbocycles. The number of pyridine rings is 1. The van der Waals surface area contributed by atoms with E-state index in [1.807, 2.05) is 19.1 Å². The molecule has 2 heterocycles. The van der Waals surface area contributed by atoms with E-state index >= 15 is 0 Å². The lowest BCUT2D eigenvalue weighted by Crippen LogP contribution is -2.10. The molecule has 102 valence electrons. The number of rotatable bonds is 2. The zero-order valence-electron chi connectivity index (χ0n) is 11.7. The van der Waals surface area contributed by atoms with Gasteiger partial charge in [-0.05, 0) is 36.5 Å². The average molecular weight is 279 g/mol. The number of halogens is 1. The third kappa shape index (κ3) is 3.07. The van der Waals surface area contributed by atoms with Crippen molar-refractivity contribution in [3.8, 4) is 5.82 Å². The summed E-state index contributed by atoms with van der Waals surface area (Å²) in [6.07, 6.45) is 2.51. The van der Waals surface area contributed by atoms with Gasteiger partial charge in [-0.1, -0.05) is 32.4 Å². The molecule has 0 fully saturated rings. The van der Waals surface area contributed by atoms with Crippen LogP contribution in [-0.4, -0.2) is 14.8 Å². The van der Waals surface area contributed by atoms with E-state index in [4.69, 9.17) is 17.3 Å². The van der Waals surface area contributed by atoms with Crippen LogP contribution >= 0.6 is 11.6 Å². The summed E-state index contributed by atoms with van der Waals surface area (Å²) in [5, 5.41) is 5.03. The number of hydrogen-bond donors (Lipinski definition) is 1. The van der Waals surface area contributed by atoms with Crippen LogP contribution < -0.4 is 5.73 Å². The van der Waals surface area contributed by atoms with Crippen molar-refractivity contribution in [2.24, 2.45) is 5.41 Å². The van der Waals surface area contributed by atoms with Gasteiger partial charge in [-0.25, -0.2) is 4.98 Å². The van der Waals surface area contributed by atoms with Gasteiger partial charge in [0.05, 0.1) is 5.69 Å². The van der Waals surface area contributed by atoms with Crippen molar-refractivity contribution in [2.45, 2.75) is 34.1 Å². The molecule has 0 aliphatic rings. The molecule has 2 rings (SSSR count). The molecule has 0 spiro atoms. The highest BCUT2D eigenvalue weighted by atomic mass is 35.5. The van der Waals surface area contributed by atoms with Crippen molar-refractivity contribution in [3.05, 3.63) is 34.6 Å². The fourth-order valence-corrected chi connectivity index (χ4v) is 2.07. The topological polar surface area (TPSA) is 56.7 Å². The minimum atomic E-state index is 0.106. The van der Waals surface area contributed by atoms with Crippen LogP contribution in [-0.2, 0) is 6.42 Å². The van der Waals surface area contributed by atoms with Crippen molar-refractivity contribution in [3.63, 3.8) is 0 Å². The van der Waals surface area contributed by atoms with E-state index in [9.17, 15) is 0 Å². The van der Waals surface area contributed by atoms with Gasteiger partial charge in [0.2, 0.25) is 0 Å². The van der Waals surface area contributed by atoms with Crippen LogP contribution in [0, 0.1) is 12.3 Å². The Morgan fingerprint density at radius 3 is 2.63 bits per heavy atom. The smallest absolute Gasteiger partial charge is 0.155 e. The van der Waals surface area contributed by atoms with Crippen LogP contribution in [0.2, 0.25) is 5.02 Å². The van der Waals surface area contributed by atoms with Crippen LogP contribution in [0.4, 0.5) is 5.82 Å². The molecule has 2 N–H and O–H groups in total. The number of nitrogen functional groups attached to an aromatic ring is 1. The van der Waals surface area contributed by atoms with Gasteiger partial charge in [0.15, 0.2) is 5.82 Å². The van der Waals surface area contributed by atoms with E-state index in [1.54, 1.807) is 10.9 Å². The van der Waals surface area contributed by atoms with E-state index < -0.39 is 0 Å². The molecule has 2 aromatic heterocycles. The first kappa shape index (κ1) is 13.9. The molecule has 0 aliphatic carbocycles. The summed E-state index contributed by atoms with van der Waals surface area (Å²) in [6, 6.07) is 3.86. The molecule has 5 heteroatoms. The van der Waals surface area contributed by atoms with Crippen molar-refractivity contribution >= 4 is 17.4 Å². The third-order valence-corrected chi connectivity index (χ3v) is 3.15. The number of aromatic nitrogens is 3. The Labute approximate surface area is 118 Å². The van der Waals surface area contributed by atoms with Gasteiger partial charge in [-0.15, -0.1) is 0 Å². The van der Waals surface area contributed by atoms with E-state index in [0.29, 0.717) is 16.7 Å². The molecule has 4 nitrogen and oxygen atoms in total. The second kappa shape index (κ2) is 4.85. The van der Waals surface area contributed by atoms with Crippen LogP contribution in [0.1, 0.15) is 32.0 Å². The number of anilines is 1. The molecule has 0 aliphatic heterocycles. The Morgan fingerprint density at radius 1 is 1.37 bits per heavy atom. The van der Waals surface area contributed by atoms with Gasteiger partial charge in [-0.2, -0.15) is 9.78 Å². The predicted octanol–water partition coefficient (Wildman–Crippen LogP) is 3.40. The fraction of sp³-hybridized carbons (Fsp3) is 0.429. The molecule has 0 aromatic carbocycles. The highest BCUT2D eigenvalue weighted by Crippen LogP contribution is 2.30. The largest absolute Gasteiger partial charge is 0.382 e. The Balaban J connectivity index is 2.46. The van der Waals surface area contributed by atoms with Crippen molar-refractivity contribution in [2.75, 3.05) is 5.73 Å². The molecular formula is C14H19ClN4. The maximum absolute atomic E-state index is 6.27. The first-order chi connectivity index (χ1) is 8.78. The summed E-state index contributed by atoms with van der Waals surface area (Å²) in [5.74, 6) is 1.14. The summed E-state index contributed by atoms with van der Waals surface area (Å²) in [7, 11) is 0. The monoisotopic (exact) mass is 278 g/mol. The molecular weight excluding hydrogens is 260 g/mol. The van der Waals surface area contributed by atoms with Gasteiger partial charge < -0.3 is 5.73 Å². The Hall–Kier alpha value is -1.55. The zero-order valence-corrected chi connectivity index (χ0v) is 12.5. The van der Waals surface area contributed by atoms with Gasteiger partial charge >= 0.3 is 0 Å². The Morgan fingerprint density at radius 2 is 2.05 bits per heavy atom.